The molecule has 10 nitrogen and oxygen atoms in total. The monoisotopic (exact) mass is 911 g/mol. The molecule has 4 amide bonds. The standard InChI is InChI=1S/C18H31N5O4.C8H9N.Ac.W/c1-3-10-21-16(26)13(11-14(20)24)22-17(27)18(8-6-5-7-9-18)23-15(25)12(19)4-2;1-9(2)8-6-4-3-5-7-8;;/h12-13,19H,1,3-11H2,2H3,(H2,20,24)(H,21,26)(H,22,27)(H,23,25);3-6H,1H2,2H3;;/q2*-2;;. The fraction of sp³-hybridized carbons (Fsp3) is 0.538. The van der Waals surface area contributed by atoms with Crippen molar-refractivity contribution in [3.63, 3.8) is 0 Å². The number of para-hydroxylation sites is 1. The van der Waals surface area contributed by atoms with E-state index in [0.717, 1.165) is 24.9 Å². The van der Waals surface area contributed by atoms with E-state index in [4.69, 9.17) is 11.5 Å². The Morgan fingerprint density at radius 1 is 1.18 bits per heavy atom. The van der Waals surface area contributed by atoms with Gasteiger partial charge in [-0.1, -0.05) is 38.6 Å². The number of carbonyl (C=O) groups is 4. The van der Waals surface area contributed by atoms with Crippen LogP contribution in [0.25, 0.3) is 5.73 Å². The van der Waals surface area contributed by atoms with Crippen LogP contribution in [0.2, 0.25) is 0 Å². The molecule has 38 heavy (non-hydrogen) atoms. The number of benzene rings is 1. The number of anilines is 1. The summed E-state index contributed by atoms with van der Waals surface area (Å²) in [4.78, 5) is 50.6. The minimum absolute atomic E-state index is 0. The smallest absolute Gasteiger partial charge is 0.246 e. The molecule has 0 aromatic heterocycles. The zero-order valence-electron chi connectivity index (χ0n) is 22.4. The van der Waals surface area contributed by atoms with E-state index in [1.807, 2.05) is 31.3 Å². The van der Waals surface area contributed by atoms with Crippen molar-refractivity contribution in [3.05, 3.63) is 50.0 Å². The van der Waals surface area contributed by atoms with Gasteiger partial charge in [-0.3, -0.25) is 26.2 Å². The Hall–Kier alpha value is -1.01. The summed E-state index contributed by atoms with van der Waals surface area (Å²) < 4.78 is 0. The van der Waals surface area contributed by atoms with Gasteiger partial charge in [0.1, 0.15) is 11.6 Å². The van der Waals surface area contributed by atoms with Gasteiger partial charge in [0.15, 0.2) is 0 Å². The summed E-state index contributed by atoms with van der Waals surface area (Å²) in [6.07, 6.45) is 3.74. The van der Waals surface area contributed by atoms with E-state index in [2.05, 4.69) is 36.0 Å². The number of nitrogens with one attached hydrogen (secondary N) is 4. The molecule has 6 N–H and O–H groups in total. The van der Waals surface area contributed by atoms with Crippen molar-refractivity contribution in [2.75, 3.05) is 18.5 Å². The average Bonchev–Trinajstić information content (AvgIpc) is 2.87. The number of amides is 4. The summed E-state index contributed by atoms with van der Waals surface area (Å²) in [6, 6.07) is 8.70. The third kappa shape index (κ3) is 13.9. The summed E-state index contributed by atoms with van der Waals surface area (Å²) in [7, 11) is 5.61. The topological polar surface area (TPSA) is 157 Å². The Morgan fingerprint density at radius 2 is 1.82 bits per heavy atom. The van der Waals surface area contributed by atoms with Crippen LogP contribution in [0.1, 0.15) is 58.3 Å². The van der Waals surface area contributed by atoms with Gasteiger partial charge < -0.3 is 39.2 Å². The third-order valence-corrected chi connectivity index (χ3v) is 5.84. The molecular weight excluding hydrogens is 871 g/mol. The van der Waals surface area contributed by atoms with Crippen molar-refractivity contribution in [3.8, 4) is 0 Å². The number of hydrogen-bond donors (Lipinski definition) is 4. The van der Waals surface area contributed by atoms with Crippen molar-refractivity contribution in [1.82, 2.24) is 16.0 Å². The van der Waals surface area contributed by atoms with Gasteiger partial charge in [-0.05, 0) is 26.4 Å². The number of carbonyl (C=O) groups excluding carboxylic acids is 4. The van der Waals surface area contributed by atoms with Crippen LogP contribution in [0.4, 0.5) is 5.69 Å². The van der Waals surface area contributed by atoms with Crippen LogP contribution < -0.4 is 26.6 Å². The molecule has 0 bridgehead atoms. The molecule has 1 fully saturated rings. The quantitative estimate of drug-likeness (QED) is 0.250. The summed E-state index contributed by atoms with van der Waals surface area (Å²) in [6.45, 7) is 5.65. The maximum absolute atomic E-state index is 13.0. The fourth-order valence-electron chi connectivity index (χ4n) is 3.74. The van der Waals surface area contributed by atoms with E-state index in [1.165, 1.54) is 0 Å². The van der Waals surface area contributed by atoms with Gasteiger partial charge in [-0.15, -0.1) is 5.69 Å². The first kappa shape index (κ1) is 39.1. The van der Waals surface area contributed by atoms with Crippen LogP contribution in [-0.2, 0) is 40.2 Å². The maximum Gasteiger partial charge on any atom is 0.246 e. The minimum atomic E-state index is -1.17. The van der Waals surface area contributed by atoms with Crippen molar-refractivity contribution < 1.29 is 84.3 Å². The molecule has 2 unspecified atom stereocenters. The first-order valence-electron chi connectivity index (χ1n) is 12.3. The van der Waals surface area contributed by atoms with Crippen molar-refractivity contribution in [1.29, 1.82) is 0 Å². The zero-order valence-corrected chi connectivity index (χ0v) is 30.1. The SMILES string of the molecule is [Ac].[CH2-]CCNC(=O)C(CC(N)=O)NC(=O)C1(NC(=O)C([NH-])CC)CCCCC1.[CH2-]N(C)c1[c-]cccc1.[W]. The molecule has 2 atom stereocenters. The van der Waals surface area contributed by atoms with Crippen molar-refractivity contribution >= 4 is 29.3 Å². The van der Waals surface area contributed by atoms with Crippen LogP contribution in [-0.4, -0.2) is 54.8 Å². The van der Waals surface area contributed by atoms with Crippen LogP contribution in [0.5, 0.6) is 0 Å². The molecule has 1 aromatic rings. The predicted molar refractivity (Wildman–Crippen MR) is 140 cm³/mol. The van der Waals surface area contributed by atoms with Gasteiger partial charge >= 0.3 is 0 Å². The molecule has 0 aliphatic heterocycles. The van der Waals surface area contributed by atoms with E-state index < -0.39 is 41.3 Å². The second-order valence-electron chi connectivity index (χ2n) is 8.88. The number of hydrogen-bond acceptors (Lipinski definition) is 5. The van der Waals surface area contributed by atoms with Gasteiger partial charge in [0.05, 0.1) is 6.42 Å². The average molecular weight is 911 g/mol. The molecule has 1 aliphatic carbocycles. The van der Waals surface area contributed by atoms with E-state index >= 15 is 0 Å². The van der Waals surface area contributed by atoms with Crippen molar-refractivity contribution in [2.45, 2.75) is 75.9 Å². The van der Waals surface area contributed by atoms with E-state index in [9.17, 15) is 19.2 Å². The van der Waals surface area contributed by atoms with Gasteiger partial charge in [0.2, 0.25) is 23.6 Å². The van der Waals surface area contributed by atoms with Gasteiger partial charge in [-0.25, -0.2) is 0 Å². The fourth-order valence-corrected chi connectivity index (χ4v) is 3.74. The van der Waals surface area contributed by atoms with E-state index in [1.54, 1.807) is 11.8 Å². The number of rotatable bonds is 11. The Bertz CT molecular complexity index is 853. The summed E-state index contributed by atoms with van der Waals surface area (Å²) in [5.41, 5.74) is 12.8. The Kier molecular flexibility index (Phi) is 21.5. The van der Waals surface area contributed by atoms with Crippen LogP contribution in [0.3, 0.4) is 0 Å². The van der Waals surface area contributed by atoms with Gasteiger partial charge in [0, 0.05) is 65.1 Å². The van der Waals surface area contributed by atoms with E-state index in [0.29, 0.717) is 32.2 Å². The molecule has 0 spiro atoms. The molecule has 2 rings (SSSR count). The summed E-state index contributed by atoms with van der Waals surface area (Å²) in [5.74, 6) is -2.27. The van der Waals surface area contributed by atoms with Gasteiger partial charge in [-0.2, -0.15) is 36.8 Å². The zero-order chi connectivity index (χ0) is 27.1. The molecule has 1 radical (unpaired) electrons. The molecule has 0 saturated heterocycles. The number of primary amides is 1. The molecule has 1 aliphatic rings. The van der Waals surface area contributed by atoms with Crippen LogP contribution >= 0.6 is 0 Å². The molecule has 0 heterocycles. The second kappa shape index (κ2) is 20.8. The molecule has 12 heteroatoms. The van der Waals surface area contributed by atoms with Crippen molar-refractivity contribution in [2.24, 2.45) is 5.73 Å². The Balaban J connectivity index is 0. The summed E-state index contributed by atoms with van der Waals surface area (Å²) in [5, 5.41) is 7.89. The number of nitrogens with zero attached hydrogens (tertiary/aromatic N) is 1. The Morgan fingerprint density at radius 3 is 2.26 bits per heavy atom. The molecule has 1 saturated carbocycles. The number of nitrogens with two attached hydrogens (primary N) is 1. The molecule has 211 valence electrons. The maximum atomic E-state index is 13.0. The largest absolute Gasteiger partial charge is 0.667 e. The first-order valence-corrected chi connectivity index (χ1v) is 12.3. The predicted octanol–water partition coefficient (Wildman–Crippen LogP) is 2.05. The van der Waals surface area contributed by atoms with Crippen LogP contribution in [0.15, 0.2) is 24.3 Å². The summed E-state index contributed by atoms with van der Waals surface area (Å²) >= 11 is 0. The molecule has 1 aromatic carbocycles. The first-order chi connectivity index (χ1) is 17.1. The third-order valence-electron chi connectivity index (χ3n) is 5.84. The second-order valence-corrected chi connectivity index (χ2v) is 8.88. The normalized spacial score (nSPS) is 15.0. The molecular formula is C26H40AcN6O4W-4. The van der Waals surface area contributed by atoms with Crippen LogP contribution in [0, 0.1) is 64.1 Å². The Labute approximate surface area is 277 Å². The minimum Gasteiger partial charge on any atom is -0.667 e. The van der Waals surface area contributed by atoms with Gasteiger partial charge in [0.25, 0.3) is 0 Å². The van der Waals surface area contributed by atoms with E-state index in [-0.39, 0.29) is 71.5 Å².